The highest BCUT2D eigenvalue weighted by Crippen LogP contribution is 2.36. The Morgan fingerprint density at radius 1 is 1.53 bits per heavy atom. The molecule has 0 bridgehead atoms. The van der Waals surface area contributed by atoms with E-state index in [2.05, 4.69) is 22.9 Å². The Morgan fingerprint density at radius 2 is 2.20 bits per heavy atom. The minimum atomic E-state index is 0.166. The molecule has 1 unspecified atom stereocenters. The molecule has 1 rings (SSSR count). The van der Waals surface area contributed by atoms with Crippen molar-refractivity contribution in [1.29, 1.82) is 0 Å². The number of rotatable bonds is 4. The smallest absolute Gasteiger partial charge is 0.161 e. The molecule has 0 radical (unpaired) electrons. The minimum Gasteiger partial charge on any atom is -0.504 e. The molecule has 0 aliphatic heterocycles. The molecule has 0 saturated carbocycles. The summed E-state index contributed by atoms with van der Waals surface area (Å²) in [5.41, 5.74) is 6.56. The molecule has 0 aliphatic rings. The maximum Gasteiger partial charge on any atom is 0.161 e. The van der Waals surface area contributed by atoms with Crippen molar-refractivity contribution in [3.05, 3.63) is 22.2 Å². The van der Waals surface area contributed by atoms with Gasteiger partial charge in [0.15, 0.2) is 11.5 Å². The Labute approximate surface area is 98.4 Å². The third-order valence-electron chi connectivity index (χ3n) is 2.43. The van der Waals surface area contributed by atoms with E-state index >= 15 is 0 Å². The fourth-order valence-electron chi connectivity index (χ4n) is 1.51. The summed E-state index contributed by atoms with van der Waals surface area (Å²) >= 11 is 3.46. The summed E-state index contributed by atoms with van der Waals surface area (Å²) in [6.07, 6.45) is 0.893. The molecule has 1 aromatic rings. The minimum absolute atomic E-state index is 0.166. The molecule has 1 atom stereocenters. The van der Waals surface area contributed by atoms with Crippen molar-refractivity contribution in [3.8, 4) is 11.5 Å². The first-order valence-electron chi connectivity index (χ1n) is 4.86. The molecule has 0 heterocycles. The Hall–Kier alpha value is -0.740. The van der Waals surface area contributed by atoms with E-state index in [1.165, 1.54) is 7.11 Å². The predicted molar refractivity (Wildman–Crippen MR) is 64.4 cm³/mol. The van der Waals surface area contributed by atoms with E-state index in [9.17, 15) is 5.11 Å². The summed E-state index contributed by atoms with van der Waals surface area (Å²) in [7, 11) is 1.53. The zero-order valence-corrected chi connectivity index (χ0v) is 10.5. The van der Waals surface area contributed by atoms with Crippen LogP contribution in [0.5, 0.6) is 11.5 Å². The zero-order chi connectivity index (χ0) is 11.4. The van der Waals surface area contributed by atoms with Crippen molar-refractivity contribution in [1.82, 2.24) is 0 Å². The van der Waals surface area contributed by atoms with Crippen LogP contribution in [-0.2, 0) is 0 Å². The molecule has 1 aromatic carbocycles. The average molecular weight is 274 g/mol. The molecule has 0 aliphatic carbocycles. The van der Waals surface area contributed by atoms with Gasteiger partial charge in [0, 0.05) is 4.47 Å². The SMILES string of the molecule is COc1cc(Br)c(C(C)CCN)cc1O. The van der Waals surface area contributed by atoms with Crippen LogP contribution >= 0.6 is 15.9 Å². The maximum absolute atomic E-state index is 9.66. The van der Waals surface area contributed by atoms with E-state index in [4.69, 9.17) is 10.5 Å². The number of methoxy groups -OCH3 is 1. The van der Waals surface area contributed by atoms with E-state index in [1.54, 1.807) is 12.1 Å². The van der Waals surface area contributed by atoms with Crippen LogP contribution in [0.25, 0.3) is 0 Å². The molecular weight excluding hydrogens is 258 g/mol. The van der Waals surface area contributed by atoms with Crippen LogP contribution < -0.4 is 10.5 Å². The second-order valence-electron chi connectivity index (χ2n) is 3.52. The van der Waals surface area contributed by atoms with Gasteiger partial charge in [-0.25, -0.2) is 0 Å². The number of hydrogen-bond donors (Lipinski definition) is 2. The summed E-state index contributed by atoms with van der Waals surface area (Å²) in [4.78, 5) is 0. The lowest BCUT2D eigenvalue weighted by Gasteiger charge is -2.14. The number of benzene rings is 1. The Morgan fingerprint density at radius 3 is 2.73 bits per heavy atom. The normalized spacial score (nSPS) is 12.5. The van der Waals surface area contributed by atoms with Crippen LogP contribution in [0.1, 0.15) is 24.8 Å². The van der Waals surface area contributed by atoms with E-state index < -0.39 is 0 Å². The van der Waals surface area contributed by atoms with Gasteiger partial charge in [-0.1, -0.05) is 22.9 Å². The third-order valence-corrected chi connectivity index (χ3v) is 3.12. The summed E-state index contributed by atoms with van der Waals surface area (Å²) in [6, 6.07) is 3.50. The topological polar surface area (TPSA) is 55.5 Å². The third kappa shape index (κ3) is 2.86. The van der Waals surface area contributed by atoms with Crippen molar-refractivity contribution in [2.24, 2.45) is 5.73 Å². The molecule has 0 saturated heterocycles. The standard InChI is InChI=1S/C11H16BrNO2/c1-7(3-4-13)8-5-10(14)11(15-2)6-9(8)12/h5-7,14H,3-4,13H2,1-2H3. The summed E-state index contributed by atoms with van der Waals surface area (Å²) < 4.78 is 5.96. The number of aromatic hydroxyl groups is 1. The zero-order valence-electron chi connectivity index (χ0n) is 8.96. The summed E-state index contributed by atoms with van der Waals surface area (Å²) in [5, 5.41) is 9.66. The Bertz CT molecular complexity index is 342. The quantitative estimate of drug-likeness (QED) is 0.887. The Kier molecular flexibility index (Phi) is 4.42. The van der Waals surface area contributed by atoms with E-state index in [0.717, 1.165) is 16.5 Å². The van der Waals surface area contributed by atoms with Crippen LogP contribution in [0.2, 0.25) is 0 Å². The number of hydrogen-bond acceptors (Lipinski definition) is 3. The largest absolute Gasteiger partial charge is 0.504 e. The number of halogens is 1. The van der Waals surface area contributed by atoms with Gasteiger partial charge in [-0.2, -0.15) is 0 Å². The van der Waals surface area contributed by atoms with Crippen molar-refractivity contribution in [3.63, 3.8) is 0 Å². The second kappa shape index (κ2) is 5.37. The second-order valence-corrected chi connectivity index (χ2v) is 4.38. The molecule has 84 valence electrons. The predicted octanol–water partition coefficient (Wildman–Crippen LogP) is 2.62. The number of phenolic OH excluding ortho intramolecular Hbond substituents is 1. The van der Waals surface area contributed by atoms with E-state index in [0.29, 0.717) is 18.2 Å². The highest BCUT2D eigenvalue weighted by atomic mass is 79.9. The molecule has 0 spiro atoms. The van der Waals surface area contributed by atoms with Gasteiger partial charge in [-0.05, 0) is 36.6 Å². The van der Waals surface area contributed by atoms with E-state index in [-0.39, 0.29) is 5.75 Å². The molecule has 0 aromatic heterocycles. The van der Waals surface area contributed by atoms with E-state index in [1.807, 2.05) is 0 Å². The molecule has 15 heavy (non-hydrogen) atoms. The maximum atomic E-state index is 9.66. The summed E-state index contributed by atoms with van der Waals surface area (Å²) in [6.45, 7) is 2.72. The van der Waals surface area contributed by atoms with Crippen LogP contribution in [0.4, 0.5) is 0 Å². The van der Waals surface area contributed by atoms with Crippen LogP contribution in [-0.4, -0.2) is 18.8 Å². The monoisotopic (exact) mass is 273 g/mol. The lowest BCUT2D eigenvalue weighted by atomic mass is 9.97. The fourth-order valence-corrected chi connectivity index (χ4v) is 2.22. The van der Waals surface area contributed by atoms with Crippen LogP contribution in [0, 0.1) is 0 Å². The van der Waals surface area contributed by atoms with Crippen molar-refractivity contribution >= 4 is 15.9 Å². The van der Waals surface area contributed by atoms with Gasteiger partial charge in [0.2, 0.25) is 0 Å². The van der Waals surface area contributed by atoms with Gasteiger partial charge >= 0.3 is 0 Å². The fraction of sp³-hybridized carbons (Fsp3) is 0.455. The molecule has 0 fully saturated rings. The van der Waals surface area contributed by atoms with Gasteiger partial charge in [-0.15, -0.1) is 0 Å². The van der Waals surface area contributed by atoms with Gasteiger partial charge in [-0.3, -0.25) is 0 Å². The van der Waals surface area contributed by atoms with Crippen molar-refractivity contribution in [2.45, 2.75) is 19.3 Å². The highest BCUT2D eigenvalue weighted by molar-refractivity contribution is 9.10. The molecule has 3 N–H and O–H groups in total. The number of phenols is 1. The molecular formula is C11H16BrNO2. The van der Waals surface area contributed by atoms with Gasteiger partial charge in [0.05, 0.1) is 7.11 Å². The number of nitrogens with two attached hydrogens (primary N) is 1. The first-order chi connectivity index (χ1) is 7.10. The van der Waals surface area contributed by atoms with Crippen molar-refractivity contribution in [2.75, 3.05) is 13.7 Å². The first kappa shape index (κ1) is 12.3. The summed E-state index contributed by atoms with van der Waals surface area (Å²) in [5.74, 6) is 0.964. The average Bonchev–Trinajstić information content (AvgIpc) is 2.21. The van der Waals surface area contributed by atoms with Crippen LogP contribution in [0.15, 0.2) is 16.6 Å². The Balaban J connectivity index is 3.04. The number of ether oxygens (including phenoxy) is 1. The molecule has 0 amide bonds. The van der Waals surface area contributed by atoms with Gasteiger partial charge in [0.25, 0.3) is 0 Å². The van der Waals surface area contributed by atoms with Gasteiger partial charge in [0.1, 0.15) is 0 Å². The highest BCUT2D eigenvalue weighted by Gasteiger charge is 2.13. The van der Waals surface area contributed by atoms with Crippen molar-refractivity contribution < 1.29 is 9.84 Å². The molecule has 3 nitrogen and oxygen atoms in total. The van der Waals surface area contributed by atoms with Crippen LogP contribution in [0.3, 0.4) is 0 Å². The molecule has 4 heteroatoms. The lowest BCUT2D eigenvalue weighted by molar-refractivity contribution is 0.372. The first-order valence-corrected chi connectivity index (χ1v) is 5.66. The van der Waals surface area contributed by atoms with Gasteiger partial charge < -0.3 is 15.6 Å². The lowest BCUT2D eigenvalue weighted by Crippen LogP contribution is -2.05.